The maximum atomic E-state index is 2.61. The summed E-state index contributed by atoms with van der Waals surface area (Å²) in [6, 6.07) is 21.6. The van der Waals surface area contributed by atoms with E-state index in [4.69, 9.17) is 0 Å². The van der Waals surface area contributed by atoms with Crippen molar-refractivity contribution in [1.82, 2.24) is 9.80 Å². The number of thioether (sulfide) groups is 1. The molecule has 136 valence electrons. The molecule has 0 atom stereocenters. The van der Waals surface area contributed by atoms with E-state index in [1.165, 1.54) is 36.4 Å². The lowest BCUT2D eigenvalue weighted by Gasteiger charge is -2.23. The molecule has 0 amide bonds. The lowest BCUT2D eigenvalue weighted by molar-refractivity contribution is 0.253. The average molecular weight is 357 g/mol. The molecule has 0 aliphatic rings. The summed E-state index contributed by atoms with van der Waals surface area (Å²) in [5, 5.41) is 0. The molecule has 0 unspecified atom stereocenters. The summed E-state index contributed by atoms with van der Waals surface area (Å²) in [7, 11) is 2.21. The molecule has 0 N–H and O–H groups in total. The van der Waals surface area contributed by atoms with Crippen molar-refractivity contribution in [2.75, 3.05) is 39.0 Å². The van der Waals surface area contributed by atoms with Crippen molar-refractivity contribution in [3.63, 3.8) is 0 Å². The quantitative estimate of drug-likeness (QED) is 0.506. The van der Waals surface area contributed by atoms with Crippen molar-refractivity contribution in [2.24, 2.45) is 0 Å². The van der Waals surface area contributed by atoms with Gasteiger partial charge < -0.3 is 4.90 Å². The van der Waals surface area contributed by atoms with E-state index in [-0.39, 0.29) is 0 Å². The van der Waals surface area contributed by atoms with Crippen LogP contribution in [0.4, 0.5) is 0 Å². The van der Waals surface area contributed by atoms with Gasteiger partial charge in [-0.3, -0.25) is 4.90 Å². The Kier molecular flexibility index (Phi) is 9.71. The third-order valence-electron chi connectivity index (χ3n) is 4.47. The predicted octanol–water partition coefficient (Wildman–Crippen LogP) is 4.76. The van der Waals surface area contributed by atoms with E-state index < -0.39 is 0 Å². The van der Waals surface area contributed by atoms with Crippen LogP contribution in [0.15, 0.2) is 60.7 Å². The third-order valence-corrected chi connectivity index (χ3v) is 5.48. The van der Waals surface area contributed by atoms with Crippen molar-refractivity contribution >= 4 is 11.8 Å². The number of hydrogen-bond donors (Lipinski definition) is 0. The van der Waals surface area contributed by atoms with Crippen LogP contribution in [-0.2, 0) is 12.3 Å². The Morgan fingerprint density at radius 3 is 2.08 bits per heavy atom. The van der Waals surface area contributed by atoms with Crippen molar-refractivity contribution in [1.29, 1.82) is 0 Å². The molecule has 2 rings (SSSR count). The summed E-state index contributed by atoms with van der Waals surface area (Å²) in [6.07, 6.45) is 1.24. The van der Waals surface area contributed by atoms with Crippen molar-refractivity contribution in [3.05, 3.63) is 71.8 Å². The molecule has 2 aromatic rings. The van der Waals surface area contributed by atoms with Crippen LogP contribution in [0, 0.1) is 0 Å². The Bertz CT molecular complexity index is 559. The van der Waals surface area contributed by atoms with E-state index >= 15 is 0 Å². The topological polar surface area (TPSA) is 6.48 Å². The maximum absolute atomic E-state index is 2.61. The molecule has 25 heavy (non-hydrogen) atoms. The number of hydrogen-bond acceptors (Lipinski definition) is 3. The Labute approximate surface area is 158 Å². The Morgan fingerprint density at radius 1 is 0.800 bits per heavy atom. The minimum absolute atomic E-state index is 1.06. The summed E-state index contributed by atoms with van der Waals surface area (Å²) in [6.45, 7) is 7.92. The van der Waals surface area contributed by atoms with Gasteiger partial charge in [0.15, 0.2) is 0 Å². The first-order valence-electron chi connectivity index (χ1n) is 9.34. The van der Waals surface area contributed by atoms with Gasteiger partial charge in [-0.2, -0.15) is 11.8 Å². The normalized spacial score (nSPS) is 11.4. The number of rotatable bonds is 12. The van der Waals surface area contributed by atoms with Crippen molar-refractivity contribution in [3.8, 4) is 0 Å². The van der Waals surface area contributed by atoms with Gasteiger partial charge in [0, 0.05) is 24.6 Å². The van der Waals surface area contributed by atoms with E-state index in [1.807, 2.05) is 11.8 Å². The second kappa shape index (κ2) is 12.1. The Morgan fingerprint density at radius 2 is 1.44 bits per heavy atom. The first kappa shape index (κ1) is 20.0. The van der Waals surface area contributed by atoms with Crippen LogP contribution < -0.4 is 0 Å². The molecule has 0 aliphatic carbocycles. The van der Waals surface area contributed by atoms with E-state index in [1.54, 1.807) is 0 Å². The zero-order chi connectivity index (χ0) is 17.7. The molecule has 0 aliphatic heterocycles. The standard InChI is InChI=1S/C22H32N2S/c1-3-23(2)15-10-16-24(19-21-11-6-4-7-12-21)17-18-25-20-22-13-8-5-9-14-22/h4-9,11-14H,3,10,15-20H2,1-2H3. The highest BCUT2D eigenvalue weighted by Crippen LogP contribution is 2.13. The highest BCUT2D eigenvalue weighted by atomic mass is 32.2. The van der Waals surface area contributed by atoms with Crippen molar-refractivity contribution in [2.45, 2.75) is 25.6 Å². The Hall–Kier alpha value is -1.29. The highest BCUT2D eigenvalue weighted by Gasteiger charge is 2.07. The summed E-state index contributed by atoms with van der Waals surface area (Å²) < 4.78 is 0. The molecular weight excluding hydrogens is 324 g/mol. The van der Waals surface area contributed by atoms with E-state index in [2.05, 4.69) is 84.4 Å². The fourth-order valence-electron chi connectivity index (χ4n) is 2.79. The highest BCUT2D eigenvalue weighted by molar-refractivity contribution is 7.98. The van der Waals surface area contributed by atoms with Gasteiger partial charge in [0.2, 0.25) is 0 Å². The fourth-order valence-corrected chi connectivity index (χ4v) is 3.75. The average Bonchev–Trinajstić information content (AvgIpc) is 2.66. The summed E-state index contributed by atoms with van der Waals surface area (Å²) in [4.78, 5) is 5.00. The molecule has 0 spiro atoms. The predicted molar refractivity (Wildman–Crippen MR) is 112 cm³/mol. The zero-order valence-electron chi connectivity index (χ0n) is 15.7. The monoisotopic (exact) mass is 356 g/mol. The van der Waals surface area contributed by atoms with Gasteiger partial charge in [0.05, 0.1) is 0 Å². The van der Waals surface area contributed by atoms with Gasteiger partial charge >= 0.3 is 0 Å². The lowest BCUT2D eigenvalue weighted by Crippen LogP contribution is -2.30. The molecule has 0 radical (unpaired) electrons. The van der Waals surface area contributed by atoms with Crippen LogP contribution in [0.25, 0.3) is 0 Å². The Balaban J connectivity index is 1.76. The molecular formula is C22H32N2S. The molecule has 0 saturated carbocycles. The van der Waals surface area contributed by atoms with E-state index in [9.17, 15) is 0 Å². The van der Waals surface area contributed by atoms with Gasteiger partial charge in [-0.1, -0.05) is 67.6 Å². The second-order valence-corrected chi connectivity index (χ2v) is 7.65. The van der Waals surface area contributed by atoms with Crippen LogP contribution in [0.3, 0.4) is 0 Å². The van der Waals surface area contributed by atoms with Gasteiger partial charge in [0.25, 0.3) is 0 Å². The van der Waals surface area contributed by atoms with Crippen LogP contribution in [-0.4, -0.2) is 48.8 Å². The maximum Gasteiger partial charge on any atom is 0.0234 e. The molecule has 0 saturated heterocycles. The summed E-state index contributed by atoms with van der Waals surface area (Å²) >= 11 is 2.04. The van der Waals surface area contributed by atoms with Gasteiger partial charge in [-0.15, -0.1) is 0 Å². The van der Waals surface area contributed by atoms with Crippen LogP contribution in [0.1, 0.15) is 24.5 Å². The molecule has 2 nitrogen and oxygen atoms in total. The number of nitrogens with zero attached hydrogens (tertiary/aromatic N) is 2. The lowest BCUT2D eigenvalue weighted by atomic mass is 10.2. The first-order chi connectivity index (χ1) is 12.3. The SMILES string of the molecule is CCN(C)CCCN(CCSCc1ccccc1)Cc1ccccc1. The van der Waals surface area contributed by atoms with Gasteiger partial charge in [-0.05, 0) is 44.2 Å². The largest absolute Gasteiger partial charge is 0.307 e. The smallest absolute Gasteiger partial charge is 0.0234 e. The minimum Gasteiger partial charge on any atom is -0.307 e. The van der Waals surface area contributed by atoms with E-state index in [0.717, 1.165) is 25.4 Å². The van der Waals surface area contributed by atoms with Gasteiger partial charge in [-0.25, -0.2) is 0 Å². The first-order valence-corrected chi connectivity index (χ1v) is 10.5. The molecule has 0 bridgehead atoms. The molecule has 2 aromatic carbocycles. The summed E-state index contributed by atoms with van der Waals surface area (Å²) in [5.41, 5.74) is 2.84. The van der Waals surface area contributed by atoms with Gasteiger partial charge in [0.1, 0.15) is 0 Å². The van der Waals surface area contributed by atoms with Crippen LogP contribution in [0.5, 0.6) is 0 Å². The molecule has 0 aromatic heterocycles. The molecule has 0 fully saturated rings. The minimum atomic E-state index is 1.06. The zero-order valence-corrected chi connectivity index (χ0v) is 16.5. The summed E-state index contributed by atoms with van der Waals surface area (Å²) in [5.74, 6) is 2.30. The van der Waals surface area contributed by atoms with Crippen molar-refractivity contribution < 1.29 is 0 Å². The second-order valence-electron chi connectivity index (χ2n) is 6.55. The third kappa shape index (κ3) is 8.57. The van der Waals surface area contributed by atoms with E-state index in [0.29, 0.717) is 0 Å². The van der Waals surface area contributed by atoms with Crippen LogP contribution >= 0.6 is 11.8 Å². The molecule has 3 heteroatoms. The fraction of sp³-hybridized carbons (Fsp3) is 0.455. The number of benzene rings is 2. The molecule has 0 heterocycles. The van der Waals surface area contributed by atoms with Crippen LogP contribution in [0.2, 0.25) is 0 Å².